The molecular formula is C15H12BrFN2O2. The number of rotatable bonds is 4. The first-order chi connectivity index (χ1) is 10.0. The number of amides is 2. The van der Waals surface area contributed by atoms with Gasteiger partial charge in [-0.25, -0.2) is 4.39 Å². The quantitative estimate of drug-likeness (QED) is 0.828. The summed E-state index contributed by atoms with van der Waals surface area (Å²) in [6.07, 6.45) is -0.321. The molecule has 0 unspecified atom stereocenters. The Hall–Kier alpha value is -2.21. The van der Waals surface area contributed by atoms with E-state index in [1.54, 1.807) is 18.2 Å². The van der Waals surface area contributed by atoms with Crippen molar-refractivity contribution in [2.45, 2.75) is 6.42 Å². The van der Waals surface area contributed by atoms with Crippen LogP contribution in [0.1, 0.15) is 6.42 Å². The molecule has 2 amide bonds. The number of hydrogen-bond donors (Lipinski definition) is 2. The van der Waals surface area contributed by atoms with E-state index in [1.165, 1.54) is 24.3 Å². The van der Waals surface area contributed by atoms with Crippen LogP contribution in [0.2, 0.25) is 0 Å². The topological polar surface area (TPSA) is 58.2 Å². The molecular weight excluding hydrogens is 339 g/mol. The van der Waals surface area contributed by atoms with Gasteiger partial charge in [-0.1, -0.05) is 12.1 Å². The van der Waals surface area contributed by atoms with Crippen LogP contribution in [-0.2, 0) is 9.59 Å². The zero-order valence-corrected chi connectivity index (χ0v) is 12.5. The fourth-order valence-corrected chi connectivity index (χ4v) is 2.03. The van der Waals surface area contributed by atoms with Crippen molar-refractivity contribution in [1.29, 1.82) is 0 Å². The summed E-state index contributed by atoms with van der Waals surface area (Å²) in [4.78, 5) is 23.5. The molecule has 0 saturated heterocycles. The van der Waals surface area contributed by atoms with E-state index in [-0.39, 0.29) is 12.2 Å². The summed E-state index contributed by atoms with van der Waals surface area (Å²) in [6, 6.07) is 12.4. The van der Waals surface area contributed by atoms with Crippen LogP contribution in [-0.4, -0.2) is 11.8 Å². The van der Waals surface area contributed by atoms with Crippen molar-refractivity contribution in [3.05, 3.63) is 58.8 Å². The SMILES string of the molecule is O=C(CC(=O)Nc1ccccc1Br)Nc1ccc(F)cc1. The first-order valence-electron chi connectivity index (χ1n) is 6.14. The number of carbonyl (C=O) groups is 2. The second kappa shape index (κ2) is 6.99. The Morgan fingerprint density at radius 3 is 2.24 bits per heavy atom. The standard InChI is InChI=1S/C15H12BrFN2O2/c16-12-3-1-2-4-13(12)19-15(21)9-14(20)18-11-7-5-10(17)6-8-11/h1-8H,9H2,(H,18,20)(H,19,21). The molecule has 2 aromatic carbocycles. The van der Waals surface area contributed by atoms with E-state index in [1.807, 2.05) is 6.07 Å². The van der Waals surface area contributed by atoms with Crippen LogP contribution < -0.4 is 10.6 Å². The maximum absolute atomic E-state index is 12.7. The summed E-state index contributed by atoms with van der Waals surface area (Å²) >= 11 is 3.30. The molecule has 108 valence electrons. The number of carbonyl (C=O) groups excluding carboxylic acids is 2. The highest BCUT2D eigenvalue weighted by molar-refractivity contribution is 9.10. The van der Waals surface area contributed by atoms with Crippen molar-refractivity contribution in [2.75, 3.05) is 10.6 Å². The predicted molar refractivity (Wildman–Crippen MR) is 82.4 cm³/mol. The van der Waals surface area contributed by atoms with Gasteiger partial charge in [-0.15, -0.1) is 0 Å². The summed E-state index contributed by atoms with van der Waals surface area (Å²) in [7, 11) is 0. The van der Waals surface area contributed by atoms with Crippen LogP contribution in [0.15, 0.2) is 53.0 Å². The lowest BCUT2D eigenvalue weighted by Crippen LogP contribution is -2.21. The van der Waals surface area contributed by atoms with Crippen molar-refractivity contribution in [3.63, 3.8) is 0 Å². The summed E-state index contributed by atoms with van der Waals surface area (Å²) in [5, 5.41) is 5.15. The molecule has 2 rings (SSSR count). The summed E-state index contributed by atoms with van der Waals surface area (Å²) in [5.74, 6) is -1.28. The predicted octanol–water partition coefficient (Wildman–Crippen LogP) is 3.56. The molecule has 6 heteroatoms. The molecule has 0 atom stereocenters. The number of anilines is 2. The molecule has 2 N–H and O–H groups in total. The smallest absolute Gasteiger partial charge is 0.233 e. The van der Waals surface area contributed by atoms with Gasteiger partial charge in [0.05, 0.1) is 5.69 Å². The van der Waals surface area contributed by atoms with Crippen LogP contribution in [0, 0.1) is 5.82 Å². The lowest BCUT2D eigenvalue weighted by molar-refractivity contribution is -0.123. The first-order valence-corrected chi connectivity index (χ1v) is 6.94. The van der Waals surface area contributed by atoms with Crippen molar-refractivity contribution in [1.82, 2.24) is 0 Å². The normalized spacial score (nSPS) is 10.0. The molecule has 0 bridgehead atoms. The Bertz CT molecular complexity index is 659. The van der Waals surface area contributed by atoms with Gasteiger partial charge in [-0.2, -0.15) is 0 Å². The van der Waals surface area contributed by atoms with Crippen LogP contribution in [0.4, 0.5) is 15.8 Å². The summed E-state index contributed by atoms with van der Waals surface area (Å²) in [6.45, 7) is 0. The third-order valence-corrected chi connectivity index (χ3v) is 3.29. The van der Waals surface area contributed by atoms with Crippen LogP contribution >= 0.6 is 15.9 Å². The molecule has 0 aliphatic carbocycles. The van der Waals surface area contributed by atoms with Crippen LogP contribution in [0.25, 0.3) is 0 Å². The molecule has 0 fully saturated rings. The third kappa shape index (κ3) is 4.68. The average Bonchev–Trinajstić information content (AvgIpc) is 2.44. The minimum atomic E-state index is -0.467. The Kier molecular flexibility index (Phi) is 5.05. The zero-order valence-electron chi connectivity index (χ0n) is 10.9. The Labute approximate surface area is 129 Å². The zero-order chi connectivity index (χ0) is 15.2. The second-order valence-electron chi connectivity index (χ2n) is 4.26. The highest BCUT2D eigenvalue weighted by atomic mass is 79.9. The number of para-hydroxylation sites is 1. The second-order valence-corrected chi connectivity index (χ2v) is 5.11. The lowest BCUT2D eigenvalue weighted by atomic mass is 10.2. The van der Waals surface area contributed by atoms with Crippen molar-refractivity contribution >= 4 is 39.1 Å². The monoisotopic (exact) mass is 350 g/mol. The van der Waals surface area contributed by atoms with Gasteiger partial charge in [-0.3, -0.25) is 9.59 Å². The molecule has 0 aromatic heterocycles. The van der Waals surface area contributed by atoms with E-state index in [9.17, 15) is 14.0 Å². The minimum absolute atomic E-state index is 0.321. The number of halogens is 2. The Morgan fingerprint density at radius 1 is 0.952 bits per heavy atom. The first kappa shape index (κ1) is 15.2. The van der Waals surface area contributed by atoms with Gasteiger partial charge in [0.25, 0.3) is 0 Å². The van der Waals surface area contributed by atoms with Crippen LogP contribution in [0.3, 0.4) is 0 Å². The molecule has 0 aliphatic heterocycles. The fourth-order valence-electron chi connectivity index (χ4n) is 1.64. The minimum Gasteiger partial charge on any atom is -0.326 e. The van der Waals surface area contributed by atoms with Crippen LogP contribution in [0.5, 0.6) is 0 Å². The van der Waals surface area contributed by atoms with Crippen molar-refractivity contribution in [2.24, 2.45) is 0 Å². The molecule has 0 spiro atoms. The maximum Gasteiger partial charge on any atom is 0.233 e. The van der Waals surface area contributed by atoms with Gasteiger partial charge in [0, 0.05) is 10.2 Å². The van der Waals surface area contributed by atoms with E-state index in [4.69, 9.17) is 0 Å². The number of benzene rings is 2. The maximum atomic E-state index is 12.7. The van der Waals surface area contributed by atoms with E-state index < -0.39 is 11.8 Å². The summed E-state index contributed by atoms with van der Waals surface area (Å²) < 4.78 is 13.5. The molecule has 0 aliphatic rings. The summed E-state index contributed by atoms with van der Waals surface area (Å²) in [5.41, 5.74) is 1.03. The van der Waals surface area contributed by atoms with Gasteiger partial charge in [0.15, 0.2) is 0 Å². The molecule has 0 saturated carbocycles. The van der Waals surface area contributed by atoms with Gasteiger partial charge < -0.3 is 10.6 Å². The third-order valence-electron chi connectivity index (χ3n) is 2.60. The number of nitrogens with one attached hydrogen (secondary N) is 2. The Balaban J connectivity index is 1.89. The van der Waals surface area contributed by atoms with Crippen molar-refractivity contribution in [3.8, 4) is 0 Å². The highest BCUT2D eigenvalue weighted by Crippen LogP contribution is 2.21. The molecule has 2 aromatic rings. The lowest BCUT2D eigenvalue weighted by Gasteiger charge is -2.08. The van der Waals surface area contributed by atoms with Crippen molar-refractivity contribution < 1.29 is 14.0 Å². The molecule has 0 radical (unpaired) electrons. The highest BCUT2D eigenvalue weighted by Gasteiger charge is 2.11. The molecule has 0 heterocycles. The Morgan fingerprint density at radius 2 is 1.57 bits per heavy atom. The van der Waals surface area contributed by atoms with Gasteiger partial charge >= 0.3 is 0 Å². The average molecular weight is 351 g/mol. The van der Waals surface area contributed by atoms with Gasteiger partial charge in [0.2, 0.25) is 11.8 Å². The molecule has 21 heavy (non-hydrogen) atoms. The largest absolute Gasteiger partial charge is 0.326 e. The van der Waals surface area contributed by atoms with E-state index in [0.717, 1.165) is 4.47 Å². The fraction of sp³-hybridized carbons (Fsp3) is 0.0667. The van der Waals surface area contributed by atoms with E-state index in [0.29, 0.717) is 11.4 Å². The van der Waals surface area contributed by atoms with E-state index in [2.05, 4.69) is 26.6 Å². The van der Waals surface area contributed by atoms with Gasteiger partial charge in [0.1, 0.15) is 12.2 Å². The molecule has 4 nitrogen and oxygen atoms in total. The van der Waals surface area contributed by atoms with E-state index >= 15 is 0 Å². The number of hydrogen-bond acceptors (Lipinski definition) is 2. The van der Waals surface area contributed by atoms with Gasteiger partial charge in [-0.05, 0) is 52.3 Å².